The van der Waals surface area contributed by atoms with Crippen LogP contribution in [0.15, 0.2) is 47.6 Å². The number of nitrogens with zero attached hydrogens (tertiary/aromatic N) is 3. The Hall–Kier alpha value is -3.19. The number of aryl methyl sites for hydroxylation is 1. The molecule has 170 valence electrons. The third-order valence-electron chi connectivity index (χ3n) is 5.97. The summed E-state index contributed by atoms with van der Waals surface area (Å²) in [4.78, 5) is 21.5. The Morgan fingerprint density at radius 2 is 2.00 bits per heavy atom. The molecule has 1 saturated heterocycles. The zero-order valence-electron chi connectivity index (χ0n) is 19.4. The van der Waals surface area contributed by atoms with E-state index in [0.717, 1.165) is 24.3 Å². The molecule has 2 aromatic carbocycles. The monoisotopic (exact) mass is 437 g/mol. The van der Waals surface area contributed by atoms with Crippen molar-refractivity contribution in [1.29, 1.82) is 0 Å². The molecule has 0 bridgehead atoms. The van der Waals surface area contributed by atoms with Gasteiger partial charge in [-0.2, -0.15) is 0 Å². The van der Waals surface area contributed by atoms with Gasteiger partial charge in [0, 0.05) is 55.4 Å². The largest absolute Gasteiger partial charge is 0.404 e. The predicted molar refractivity (Wildman–Crippen MR) is 130 cm³/mol. The third kappa shape index (κ3) is 5.16. The Kier molecular flexibility index (Phi) is 7.30. The average molecular weight is 438 g/mol. The molecule has 2 aromatic rings. The number of carbonyl (C=O) groups is 1. The number of rotatable bonds is 7. The third-order valence-corrected chi connectivity index (χ3v) is 5.97. The van der Waals surface area contributed by atoms with Crippen LogP contribution in [0.1, 0.15) is 40.0 Å². The van der Waals surface area contributed by atoms with E-state index in [4.69, 9.17) is 5.73 Å². The Morgan fingerprint density at radius 3 is 2.62 bits per heavy atom. The molecule has 1 aliphatic heterocycles. The molecule has 6 nitrogen and oxygen atoms in total. The molecule has 0 unspecified atom stereocenters. The van der Waals surface area contributed by atoms with Gasteiger partial charge in [-0.15, -0.1) is 0 Å². The van der Waals surface area contributed by atoms with Crippen LogP contribution in [0, 0.1) is 12.7 Å². The minimum Gasteiger partial charge on any atom is -0.404 e. The van der Waals surface area contributed by atoms with Crippen molar-refractivity contribution < 1.29 is 9.18 Å². The van der Waals surface area contributed by atoms with Crippen molar-refractivity contribution in [2.75, 3.05) is 39.1 Å². The molecule has 7 heteroatoms. The first-order chi connectivity index (χ1) is 15.2. The van der Waals surface area contributed by atoms with Gasteiger partial charge in [-0.3, -0.25) is 9.79 Å². The van der Waals surface area contributed by atoms with Gasteiger partial charge in [0.25, 0.3) is 5.91 Å². The van der Waals surface area contributed by atoms with E-state index in [1.165, 1.54) is 18.3 Å². The minimum atomic E-state index is -0.395. The van der Waals surface area contributed by atoms with Crippen LogP contribution < -0.4 is 16.0 Å². The second kappa shape index (κ2) is 9.96. The summed E-state index contributed by atoms with van der Waals surface area (Å²) >= 11 is 0. The maximum absolute atomic E-state index is 14.3. The lowest BCUT2D eigenvalue weighted by molar-refractivity contribution is 0.0939. The van der Waals surface area contributed by atoms with Crippen LogP contribution in [0.5, 0.6) is 0 Å². The molecule has 0 spiro atoms. The highest BCUT2D eigenvalue weighted by Crippen LogP contribution is 2.26. The number of halogens is 1. The first kappa shape index (κ1) is 23.5. The molecular weight excluding hydrogens is 405 g/mol. The van der Waals surface area contributed by atoms with Crippen molar-refractivity contribution in [3.63, 3.8) is 0 Å². The number of likely N-dealkylation sites (N-methyl/N-ethyl adjacent to an activating group) is 1. The number of carbonyl (C=O) groups excluding carboxylic acids is 1. The number of benzene rings is 2. The summed E-state index contributed by atoms with van der Waals surface area (Å²) in [5, 5.41) is 3.01. The molecule has 1 aliphatic rings. The topological polar surface area (TPSA) is 74.0 Å². The molecule has 3 rings (SSSR count). The summed E-state index contributed by atoms with van der Waals surface area (Å²) in [6, 6.07) is 10.8. The number of anilines is 1. The number of nitrogens with two attached hydrogens (primary N) is 1. The Labute approximate surface area is 189 Å². The fraction of sp³-hybridized carbons (Fsp3) is 0.360. The molecule has 1 heterocycles. The van der Waals surface area contributed by atoms with Gasteiger partial charge >= 0.3 is 0 Å². The summed E-state index contributed by atoms with van der Waals surface area (Å²) in [5.74, 6) is -0.578. The van der Waals surface area contributed by atoms with Crippen molar-refractivity contribution >= 4 is 23.4 Å². The van der Waals surface area contributed by atoms with E-state index < -0.39 is 5.82 Å². The number of hydrogen-bond acceptors (Lipinski definition) is 5. The van der Waals surface area contributed by atoms with Crippen molar-refractivity contribution in [2.24, 2.45) is 10.7 Å². The van der Waals surface area contributed by atoms with E-state index >= 15 is 0 Å². The molecule has 0 saturated carbocycles. The van der Waals surface area contributed by atoms with Gasteiger partial charge < -0.3 is 20.9 Å². The van der Waals surface area contributed by atoms with Gasteiger partial charge in [0.15, 0.2) is 0 Å². The Morgan fingerprint density at radius 1 is 1.28 bits per heavy atom. The first-order valence-corrected chi connectivity index (χ1v) is 10.7. The molecule has 0 radical (unpaired) electrons. The molecule has 1 atom stereocenters. The molecular formula is C25H32FN5O. The fourth-order valence-electron chi connectivity index (χ4n) is 3.78. The summed E-state index contributed by atoms with van der Waals surface area (Å²) in [5.41, 5.74) is 10.1. The highest BCUT2D eigenvalue weighted by atomic mass is 19.1. The fourth-order valence-corrected chi connectivity index (χ4v) is 3.78. The number of amides is 1. The van der Waals surface area contributed by atoms with Crippen LogP contribution >= 0.6 is 0 Å². The van der Waals surface area contributed by atoms with E-state index in [0.29, 0.717) is 28.3 Å². The smallest absolute Gasteiger partial charge is 0.252 e. The Balaban J connectivity index is 1.78. The van der Waals surface area contributed by atoms with Gasteiger partial charge in [-0.25, -0.2) is 4.39 Å². The summed E-state index contributed by atoms with van der Waals surface area (Å²) in [6.07, 6.45) is 2.97. The van der Waals surface area contributed by atoms with E-state index in [1.54, 1.807) is 13.3 Å². The van der Waals surface area contributed by atoms with Crippen molar-refractivity contribution in [3.8, 4) is 0 Å². The van der Waals surface area contributed by atoms with Crippen LogP contribution in [0.3, 0.4) is 0 Å². The van der Waals surface area contributed by atoms with Gasteiger partial charge in [0.2, 0.25) is 0 Å². The highest BCUT2D eigenvalue weighted by Gasteiger charge is 2.29. The van der Waals surface area contributed by atoms with E-state index in [1.807, 2.05) is 32.0 Å². The SMILES string of the molecule is CN=C/C(=C\N)c1cc(F)cc([C@@H](C)NC(=O)c2cc(N3CC(N(C)C)C3)ccc2C)c1. The normalized spacial score (nSPS) is 15.8. The van der Waals surface area contributed by atoms with E-state index in [9.17, 15) is 9.18 Å². The standard InChI is InChI=1S/C25H32FN5O/c1-16-6-7-22(31-14-23(15-31)30(4)5)11-24(16)25(32)29-17(2)18-8-19(10-21(26)9-18)20(12-27)13-28-3/h6-13,17,23H,14-15,27H2,1-5H3,(H,29,32)/b20-12+,28-13?/t17-/m1/s1. The van der Waals surface area contributed by atoms with Gasteiger partial charge in [-0.05, 0) is 75.0 Å². The van der Waals surface area contributed by atoms with Crippen molar-refractivity contribution in [3.05, 3.63) is 70.7 Å². The lowest BCUT2D eigenvalue weighted by Gasteiger charge is -2.44. The van der Waals surface area contributed by atoms with Gasteiger partial charge in [0.05, 0.1) is 6.04 Å². The second-order valence-electron chi connectivity index (χ2n) is 8.50. The Bertz CT molecular complexity index is 1040. The van der Waals surface area contributed by atoms with Crippen LogP contribution in [0.2, 0.25) is 0 Å². The molecule has 3 N–H and O–H groups in total. The van der Waals surface area contributed by atoms with Crippen molar-refractivity contribution in [2.45, 2.75) is 25.9 Å². The predicted octanol–water partition coefficient (Wildman–Crippen LogP) is 3.38. The lowest BCUT2D eigenvalue weighted by atomic mass is 9.99. The summed E-state index contributed by atoms with van der Waals surface area (Å²) < 4.78 is 14.3. The van der Waals surface area contributed by atoms with Crippen LogP contribution in [0.4, 0.5) is 10.1 Å². The number of hydrogen-bond donors (Lipinski definition) is 2. The van der Waals surface area contributed by atoms with Crippen LogP contribution in [-0.2, 0) is 0 Å². The van der Waals surface area contributed by atoms with Gasteiger partial charge in [0.1, 0.15) is 5.82 Å². The molecule has 32 heavy (non-hydrogen) atoms. The average Bonchev–Trinajstić information content (AvgIpc) is 2.71. The number of aliphatic imine (C=N–C) groups is 1. The number of allylic oxidation sites excluding steroid dienone is 1. The maximum Gasteiger partial charge on any atom is 0.252 e. The quantitative estimate of drug-likeness (QED) is 0.652. The molecule has 1 amide bonds. The molecule has 0 aliphatic carbocycles. The van der Waals surface area contributed by atoms with Gasteiger partial charge in [-0.1, -0.05) is 6.07 Å². The number of nitrogens with one attached hydrogen (secondary N) is 1. The molecule has 1 fully saturated rings. The summed E-state index contributed by atoms with van der Waals surface area (Å²) in [7, 11) is 5.79. The van der Waals surface area contributed by atoms with E-state index in [-0.39, 0.29) is 11.9 Å². The minimum absolute atomic E-state index is 0.183. The lowest BCUT2D eigenvalue weighted by Crippen LogP contribution is -2.57. The van der Waals surface area contributed by atoms with Crippen molar-refractivity contribution in [1.82, 2.24) is 10.2 Å². The zero-order chi connectivity index (χ0) is 23.4. The summed E-state index contributed by atoms with van der Waals surface area (Å²) in [6.45, 7) is 5.65. The second-order valence-corrected chi connectivity index (χ2v) is 8.50. The highest BCUT2D eigenvalue weighted by molar-refractivity contribution is 6.09. The van der Waals surface area contributed by atoms with Crippen LogP contribution in [-0.4, -0.2) is 57.3 Å². The maximum atomic E-state index is 14.3. The van der Waals surface area contributed by atoms with Crippen LogP contribution in [0.25, 0.3) is 5.57 Å². The zero-order valence-corrected chi connectivity index (χ0v) is 19.4. The molecule has 0 aromatic heterocycles. The van der Waals surface area contributed by atoms with E-state index in [2.05, 4.69) is 40.3 Å². The first-order valence-electron chi connectivity index (χ1n) is 10.7.